The average Bonchev–Trinajstić information content (AvgIpc) is 3.04. The molecule has 0 aliphatic heterocycles. The second-order valence-electron chi connectivity index (χ2n) is 7.16. The van der Waals surface area contributed by atoms with Gasteiger partial charge >= 0.3 is 7.60 Å². The van der Waals surface area contributed by atoms with E-state index in [0.29, 0.717) is 15.8 Å². The summed E-state index contributed by atoms with van der Waals surface area (Å²) in [6.07, 6.45) is 0.836. The van der Waals surface area contributed by atoms with Gasteiger partial charge in [0.25, 0.3) is 0 Å². The Morgan fingerprint density at radius 3 is 2.21 bits per heavy atom. The van der Waals surface area contributed by atoms with Gasteiger partial charge < -0.3 is 9.05 Å². The lowest BCUT2D eigenvalue weighted by atomic mass is 10.2. The first kappa shape index (κ1) is 21.8. The van der Waals surface area contributed by atoms with Crippen LogP contribution in [0.5, 0.6) is 0 Å². The molecule has 0 atom stereocenters. The van der Waals surface area contributed by atoms with Crippen LogP contribution in [0.25, 0.3) is 21.5 Å². The molecule has 0 unspecified atom stereocenters. The summed E-state index contributed by atoms with van der Waals surface area (Å²) in [5.41, 5.74) is 0.372. The predicted octanol–water partition coefficient (Wildman–Crippen LogP) is 7.72. The maximum absolute atomic E-state index is 13.9. The summed E-state index contributed by atoms with van der Waals surface area (Å²) in [5, 5.41) is 1.32. The molecule has 0 saturated heterocycles. The van der Waals surface area contributed by atoms with E-state index in [2.05, 4.69) is 0 Å². The van der Waals surface area contributed by atoms with Crippen LogP contribution in [0.1, 0.15) is 38.1 Å². The molecule has 0 bridgehead atoms. The number of fused-ring (bicyclic) bond motifs is 1. The highest BCUT2D eigenvalue weighted by Crippen LogP contribution is 2.63. The van der Waals surface area contributed by atoms with Crippen LogP contribution in [-0.4, -0.2) is 12.2 Å². The number of halogens is 2. The summed E-state index contributed by atoms with van der Waals surface area (Å²) in [6, 6.07) is 13.2. The number of benzene rings is 2. The minimum Gasteiger partial charge on any atom is -0.302 e. The van der Waals surface area contributed by atoms with E-state index in [0.717, 1.165) is 22.2 Å². The van der Waals surface area contributed by atoms with Gasteiger partial charge in [-0.05, 0) is 69.0 Å². The van der Waals surface area contributed by atoms with Gasteiger partial charge in [-0.1, -0.05) is 24.3 Å². The summed E-state index contributed by atoms with van der Waals surface area (Å²) in [7, 11) is -3.76. The molecular weight excluding hydrogens is 413 g/mol. The van der Waals surface area contributed by atoms with Crippen molar-refractivity contribution >= 4 is 40.4 Å². The molecule has 29 heavy (non-hydrogen) atoms. The molecule has 0 saturated carbocycles. The minimum absolute atomic E-state index is 0.326. The van der Waals surface area contributed by atoms with Gasteiger partial charge in [0.05, 0.1) is 17.5 Å². The Kier molecular flexibility index (Phi) is 6.69. The summed E-state index contributed by atoms with van der Waals surface area (Å²) in [4.78, 5) is 0.695. The van der Waals surface area contributed by atoms with Crippen molar-refractivity contribution in [2.75, 3.05) is 0 Å². The fraction of sp³-hybridized carbons (Fsp3) is 0.273. The van der Waals surface area contributed by atoms with E-state index >= 15 is 0 Å². The molecule has 7 heteroatoms. The van der Waals surface area contributed by atoms with Crippen LogP contribution < -0.4 is 0 Å². The zero-order valence-corrected chi connectivity index (χ0v) is 18.4. The Balaban J connectivity index is 2.22. The highest BCUT2D eigenvalue weighted by molar-refractivity contribution is 7.66. The predicted molar refractivity (Wildman–Crippen MR) is 116 cm³/mol. The quantitative estimate of drug-likeness (QED) is 0.356. The van der Waals surface area contributed by atoms with Crippen molar-refractivity contribution in [2.45, 2.75) is 39.9 Å². The molecule has 0 aliphatic rings. The smallest absolute Gasteiger partial charge is 0.302 e. The van der Waals surface area contributed by atoms with Crippen molar-refractivity contribution in [3.8, 4) is 0 Å². The van der Waals surface area contributed by atoms with Gasteiger partial charge in [0.1, 0.15) is 0 Å². The Bertz CT molecular complexity index is 1040. The van der Waals surface area contributed by atoms with Gasteiger partial charge in [0.2, 0.25) is 0 Å². The third-order valence-electron chi connectivity index (χ3n) is 3.92. The Morgan fingerprint density at radius 1 is 0.966 bits per heavy atom. The van der Waals surface area contributed by atoms with Crippen LogP contribution >= 0.6 is 18.9 Å². The monoisotopic (exact) mass is 436 g/mol. The number of hydrogen-bond acceptors (Lipinski definition) is 4. The molecule has 0 radical (unpaired) electrons. The lowest BCUT2D eigenvalue weighted by Crippen LogP contribution is -2.09. The molecular formula is C22H23F2O3PS. The fourth-order valence-electron chi connectivity index (χ4n) is 2.85. The Morgan fingerprint density at radius 2 is 1.62 bits per heavy atom. The topological polar surface area (TPSA) is 35.5 Å². The van der Waals surface area contributed by atoms with Crippen molar-refractivity contribution in [3.63, 3.8) is 0 Å². The van der Waals surface area contributed by atoms with E-state index in [1.165, 1.54) is 17.4 Å². The minimum atomic E-state index is -3.76. The maximum Gasteiger partial charge on any atom is 0.363 e. The molecule has 0 amide bonds. The molecule has 3 aromatic rings. The van der Waals surface area contributed by atoms with Crippen molar-refractivity contribution in [3.05, 3.63) is 70.6 Å². The van der Waals surface area contributed by atoms with Crippen molar-refractivity contribution in [1.82, 2.24) is 0 Å². The first-order valence-corrected chi connectivity index (χ1v) is 11.7. The largest absolute Gasteiger partial charge is 0.363 e. The molecule has 2 aromatic carbocycles. The number of hydrogen-bond donors (Lipinski definition) is 0. The summed E-state index contributed by atoms with van der Waals surface area (Å²) in [6.45, 7) is 7.10. The molecule has 3 nitrogen and oxygen atoms in total. The van der Waals surface area contributed by atoms with Crippen molar-refractivity contribution < 1.29 is 22.4 Å². The molecule has 1 aromatic heterocycles. The van der Waals surface area contributed by atoms with Crippen LogP contribution in [-0.2, 0) is 13.6 Å². The van der Waals surface area contributed by atoms with Crippen LogP contribution in [0, 0.1) is 11.6 Å². The van der Waals surface area contributed by atoms with E-state index in [4.69, 9.17) is 9.05 Å². The molecule has 1 heterocycles. The average molecular weight is 436 g/mol. The lowest BCUT2D eigenvalue weighted by Gasteiger charge is -2.24. The van der Waals surface area contributed by atoms with Gasteiger partial charge in [0.15, 0.2) is 11.6 Å². The standard InChI is InChI=1S/C22H23F2O3PS/c1-14(2)26-28(25,27-15(3)4)20(12-16-9-10-18(23)19(24)11-16)22-13-17-7-5-6-8-21(17)29-22/h5-15H,1-4H3/b20-12+. The van der Waals surface area contributed by atoms with Gasteiger partial charge in [-0.2, -0.15) is 0 Å². The van der Waals surface area contributed by atoms with E-state index < -0.39 is 19.2 Å². The molecule has 0 fully saturated rings. The molecule has 0 aliphatic carbocycles. The molecule has 154 valence electrons. The van der Waals surface area contributed by atoms with Gasteiger partial charge in [-0.25, -0.2) is 8.78 Å². The lowest BCUT2D eigenvalue weighted by molar-refractivity contribution is 0.151. The molecule has 0 spiro atoms. The zero-order valence-electron chi connectivity index (χ0n) is 16.7. The Labute approximate surface area is 173 Å². The van der Waals surface area contributed by atoms with Crippen LogP contribution in [0.15, 0.2) is 48.5 Å². The van der Waals surface area contributed by atoms with Crippen LogP contribution in [0.3, 0.4) is 0 Å². The molecule has 0 N–H and O–H groups in total. The van der Waals surface area contributed by atoms with Crippen LogP contribution in [0.2, 0.25) is 0 Å². The van der Waals surface area contributed by atoms with Crippen LogP contribution in [0.4, 0.5) is 8.78 Å². The van der Waals surface area contributed by atoms with E-state index in [1.54, 1.807) is 33.8 Å². The van der Waals surface area contributed by atoms with Crippen molar-refractivity contribution in [1.29, 1.82) is 0 Å². The summed E-state index contributed by atoms with van der Waals surface area (Å²) in [5.74, 6) is -1.91. The third-order valence-corrected chi connectivity index (χ3v) is 7.58. The SMILES string of the molecule is CC(C)OP(=O)(OC(C)C)/C(=C/c1ccc(F)c(F)c1)c1cc2ccccc2s1. The highest BCUT2D eigenvalue weighted by Gasteiger charge is 2.35. The summed E-state index contributed by atoms with van der Waals surface area (Å²) < 4.78 is 53.7. The van der Waals surface area contributed by atoms with Gasteiger partial charge in [-0.3, -0.25) is 4.57 Å². The highest BCUT2D eigenvalue weighted by atomic mass is 32.1. The van der Waals surface area contributed by atoms with Crippen molar-refractivity contribution in [2.24, 2.45) is 0 Å². The van der Waals surface area contributed by atoms with E-state index in [9.17, 15) is 13.3 Å². The second kappa shape index (κ2) is 8.88. The maximum atomic E-state index is 13.9. The summed E-state index contributed by atoms with van der Waals surface area (Å²) >= 11 is 1.44. The van der Waals surface area contributed by atoms with Gasteiger partial charge in [0, 0.05) is 9.58 Å². The third kappa shape index (κ3) is 5.20. The molecule has 3 rings (SSSR count). The zero-order chi connectivity index (χ0) is 21.2. The number of thiophene rings is 1. The normalized spacial score (nSPS) is 13.0. The van der Waals surface area contributed by atoms with Gasteiger partial charge in [-0.15, -0.1) is 11.3 Å². The fourth-order valence-corrected chi connectivity index (χ4v) is 6.33. The van der Waals surface area contributed by atoms with E-state index in [-0.39, 0.29) is 12.2 Å². The first-order valence-electron chi connectivity index (χ1n) is 9.31. The second-order valence-corrected chi connectivity index (χ2v) is 10.1. The van der Waals surface area contributed by atoms with E-state index in [1.807, 2.05) is 30.3 Å². The number of rotatable bonds is 7. The Hall–Kier alpha value is -1.85. The first-order chi connectivity index (χ1) is 13.7.